The molecule has 1 rings (SSSR count). The quantitative estimate of drug-likeness (QED) is 0.666. The van der Waals surface area contributed by atoms with Gasteiger partial charge in [0.25, 0.3) is 5.91 Å². The Morgan fingerprint density at radius 3 is 2.55 bits per heavy atom. The summed E-state index contributed by atoms with van der Waals surface area (Å²) < 4.78 is 0. The van der Waals surface area contributed by atoms with Gasteiger partial charge in [0.2, 0.25) is 5.91 Å². The molecule has 3 N–H and O–H groups in total. The van der Waals surface area contributed by atoms with Crippen molar-refractivity contribution in [1.82, 2.24) is 15.6 Å². The van der Waals surface area contributed by atoms with Gasteiger partial charge in [0.15, 0.2) is 0 Å². The second-order valence-electron chi connectivity index (χ2n) is 4.32. The van der Waals surface area contributed by atoms with Crippen molar-refractivity contribution in [3.8, 4) is 0 Å². The number of carbonyl (C=O) groups excluding carboxylic acids is 2. The Balaban J connectivity index is 2.37. The lowest BCUT2D eigenvalue weighted by atomic mass is 10.3. The highest BCUT2D eigenvalue weighted by molar-refractivity contribution is 5.92. The average Bonchev–Trinajstić information content (AvgIpc) is 2.46. The van der Waals surface area contributed by atoms with Gasteiger partial charge in [-0.05, 0) is 25.5 Å². The molecule has 0 aliphatic rings. The topological polar surface area (TPSA) is 83.1 Å². The average molecular weight is 278 g/mol. The molecule has 1 aromatic rings. The molecule has 2 amide bonds. The molecule has 6 nitrogen and oxygen atoms in total. The largest absolute Gasteiger partial charge is 0.384 e. The molecule has 0 spiro atoms. The number of nitrogens with zero attached hydrogens (tertiary/aromatic N) is 1. The van der Waals surface area contributed by atoms with Crippen molar-refractivity contribution in [2.45, 2.75) is 26.7 Å². The first-order valence-corrected chi connectivity index (χ1v) is 6.92. The molecule has 1 aromatic heterocycles. The second kappa shape index (κ2) is 8.90. The lowest BCUT2D eigenvalue weighted by Crippen LogP contribution is -2.30. The van der Waals surface area contributed by atoms with Gasteiger partial charge in [-0.3, -0.25) is 9.59 Å². The predicted octanol–water partition coefficient (Wildman–Crippen LogP) is 1.16. The maximum absolute atomic E-state index is 11.8. The standard InChI is InChI=1S/C14H22N4O2/c1-3-8-16-11-5-6-12(18-10-11)14(20)17-9-7-13(19)15-4-2/h5-6,10,16H,3-4,7-9H2,1-2H3,(H,15,19)(H,17,20). The number of hydrogen-bond acceptors (Lipinski definition) is 4. The van der Waals surface area contributed by atoms with Crippen molar-refractivity contribution in [1.29, 1.82) is 0 Å². The molecule has 6 heteroatoms. The van der Waals surface area contributed by atoms with Gasteiger partial charge in [-0.1, -0.05) is 6.92 Å². The first-order chi connectivity index (χ1) is 9.67. The van der Waals surface area contributed by atoms with Gasteiger partial charge in [-0.15, -0.1) is 0 Å². The summed E-state index contributed by atoms with van der Waals surface area (Å²) in [6.07, 6.45) is 2.94. The van der Waals surface area contributed by atoms with E-state index < -0.39 is 0 Å². The van der Waals surface area contributed by atoms with Crippen molar-refractivity contribution in [3.05, 3.63) is 24.0 Å². The molecule has 0 saturated carbocycles. The Hall–Kier alpha value is -2.11. The van der Waals surface area contributed by atoms with E-state index in [2.05, 4.69) is 27.9 Å². The number of amides is 2. The fourth-order valence-corrected chi connectivity index (χ4v) is 1.57. The van der Waals surface area contributed by atoms with Crippen LogP contribution in [-0.2, 0) is 4.79 Å². The number of carbonyl (C=O) groups is 2. The highest BCUT2D eigenvalue weighted by Gasteiger charge is 2.07. The lowest BCUT2D eigenvalue weighted by Gasteiger charge is -2.07. The van der Waals surface area contributed by atoms with E-state index in [9.17, 15) is 9.59 Å². The fourth-order valence-electron chi connectivity index (χ4n) is 1.57. The van der Waals surface area contributed by atoms with E-state index in [1.54, 1.807) is 12.3 Å². The van der Waals surface area contributed by atoms with E-state index in [1.807, 2.05) is 13.0 Å². The van der Waals surface area contributed by atoms with E-state index in [4.69, 9.17) is 0 Å². The van der Waals surface area contributed by atoms with Crippen LogP contribution in [0.15, 0.2) is 18.3 Å². The molecular weight excluding hydrogens is 256 g/mol. The summed E-state index contributed by atoms with van der Waals surface area (Å²) in [4.78, 5) is 27.1. The van der Waals surface area contributed by atoms with E-state index in [0.717, 1.165) is 18.7 Å². The summed E-state index contributed by atoms with van der Waals surface area (Å²) in [6.45, 7) is 5.72. The summed E-state index contributed by atoms with van der Waals surface area (Å²) in [5.41, 5.74) is 1.24. The summed E-state index contributed by atoms with van der Waals surface area (Å²) in [5.74, 6) is -0.337. The minimum atomic E-state index is -0.267. The van der Waals surface area contributed by atoms with Crippen LogP contribution in [0.2, 0.25) is 0 Å². The minimum absolute atomic E-state index is 0.0696. The smallest absolute Gasteiger partial charge is 0.269 e. The molecule has 1 heterocycles. The van der Waals surface area contributed by atoms with Crippen molar-refractivity contribution < 1.29 is 9.59 Å². The zero-order valence-electron chi connectivity index (χ0n) is 12.0. The van der Waals surface area contributed by atoms with E-state index in [-0.39, 0.29) is 18.2 Å². The Morgan fingerprint density at radius 2 is 1.95 bits per heavy atom. The molecular formula is C14H22N4O2. The third-order valence-corrected chi connectivity index (χ3v) is 2.59. The highest BCUT2D eigenvalue weighted by atomic mass is 16.2. The summed E-state index contributed by atoms with van der Waals surface area (Å²) in [6, 6.07) is 3.49. The summed E-state index contributed by atoms with van der Waals surface area (Å²) in [5, 5.41) is 8.53. The minimum Gasteiger partial charge on any atom is -0.384 e. The monoisotopic (exact) mass is 278 g/mol. The maximum Gasteiger partial charge on any atom is 0.269 e. The number of rotatable bonds is 8. The van der Waals surface area contributed by atoms with Gasteiger partial charge in [0.05, 0.1) is 11.9 Å². The van der Waals surface area contributed by atoms with Crippen LogP contribution >= 0.6 is 0 Å². The first-order valence-electron chi connectivity index (χ1n) is 6.92. The molecule has 0 bridgehead atoms. The van der Waals surface area contributed by atoms with Gasteiger partial charge in [-0.25, -0.2) is 4.98 Å². The molecule has 110 valence electrons. The summed E-state index contributed by atoms with van der Waals surface area (Å²) in [7, 11) is 0. The fraction of sp³-hybridized carbons (Fsp3) is 0.500. The zero-order chi connectivity index (χ0) is 14.8. The number of hydrogen-bond donors (Lipinski definition) is 3. The third-order valence-electron chi connectivity index (χ3n) is 2.59. The van der Waals surface area contributed by atoms with Crippen LogP contribution in [0.25, 0.3) is 0 Å². The van der Waals surface area contributed by atoms with Crippen LogP contribution in [0.1, 0.15) is 37.2 Å². The van der Waals surface area contributed by atoms with Gasteiger partial charge in [-0.2, -0.15) is 0 Å². The SMILES string of the molecule is CCCNc1ccc(C(=O)NCCC(=O)NCC)nc1. The number of pyridine rings is 1. The summed E-state index contributed by atoms with van der Waals surface area (Å²) >= 11 is 0. The maximum atomic E-state index is 11.8. The molecule has 0 unspecified atom stereocenters. The van der Waals surface area contributed by atoms with Gasteiger partial charge in [0, 0.05) is 26.1 Å². The van der Waals surface area contributed by atoms with Crippen LogP contribution in [0, 0.1) is 0 Å². The van der Waals surface area contributed by atoms with Crippen LogP contribution in [-0.4, -0.2) is 36.4 Å². The number of anilines is 1. The van der Waals surface area contributed by atoms with Gasteiger partial charge in [0.1, 0.15) is 5.69 Å². The molecule has 0 aliphatic carbocycles. The highest BCUT2D eigenvalue weighted by Crippen LogP contribution is 2.06. The second-order valence-corrected chi connectivity index (χ2v) is 4.32. The number of nitrogens with one attached hydrogen (secondary N) is 3. The van der Waals surface area contributed by atoms with Gasteiger partial charge < -0.3 is 16.0 Å². The van der Waals surface area contributed by atoms with E-state index in [0.29, 0.717) is 18.8 Å². The van der Waals surface area contributed by atoms with Crippen molar-refractivity contribution in [2.75, 3.05) is 25.0 Å². The van der Waals surface area contributed by atoms with E-state index in [1.165, 1.54) is 0 Å². The normalized spacial score (nSPS) is 9.90. The van der Waals surface area contributed by atoms with Crippen LogP contribution in [0.5, 0.6) is 0 Å². The molecule has 0 atom stereocenters. The molecule has 0 aromatic carbocycles. The van der Waals surface area contributed by atoms with Crippen molar-refractivity contribution >= 4 is 17.5 Å². The Bertz CT molecular complexity index is 431. The third kappa shape index (κ3) is 5.69. The molecule has 0 aliphatic heterocycles. The Morgan fingerprint density at radius 1 is 1.15 bits per heavy atom. The first kappa shape index (κ1) is 15.9. The van der Waals surface area contributed by atoms with Crippen LogP contribution in [0.3, 0.4) is 0 Å². The molecule has 20 heavy (non-hydrogen) atoms. The van der Waals surface area contributed by atoms with Gasteiger partial charge >= 0.3 is 0 Å². The molecule has 0 saturated heterocycles. The Labute approximate surface area is 119 Å². The molecule has 0 fully saturated rings. The zero-order valence-corrected chi connectivity index (χ0v) is 12.0. The van der Waals surface area contributed by atoms with Crippen LogP contribution in [0.4, 0.5) is 5.69 Å². The Kier molecular flexibility index (Phi) is 7.10. The van der Waals surface area contributed by atoms with Crippen LogP contribution < -0.4 is 16.0 Å². The number of aromatic nitrogens is 1. The van der Waals surface area contributed by atoms with Crippen molar-refractivity contribution in [3.63, 3.8) is 0 Å². The van der Waals surface area contributed by atoms with Crippen molar-refractivity contribution in [2.24, 2.45) is 0 Å². The molecule has 0 radical (unpaired) electrons. The lowest BCUT2D eigenvalue weighted by molar-refractivity contribution is -0.120. The predicted molar refractivity (Wildman–Crippen MR) is 78.7 cm³/mol. The van der Waals surface area contributed by atoms with E-state index >= 15 is 0 Å².